The molecule has 2 heterocycles. The van der Waals surface area contributed by atoms with Gasteiger partial charge in [0.05, 0.1) is 6.04 Å². The van der Waals surface area contributed by atoms with Crippen LogP contribution in [0.5, 0.6) is 0 Å². The van der Waals surface area contributed by atoms with E-state index in [1.807, 2.05) is 11.8 Å². The van der Waals surface area contributed by atoms with Gasteiger partial charge in [-0.25, -0.2) is 0 Å². The van der Waals surface area contributed by atoms with Crippen LogP contribution in [0.15, 0.2) is 0 Å². The minimum absolute atomic E-state index is 0.00397. The van der Waals surface area contributed by atoms with Crippen LogP contribution in [0, 0.1) is 0 Å². The molecule has 17 heavy (non-hydrogen) atoms. The fourth-order valence-electron chi connectivity index (χ4n) is 2.77. The fraction of sp³-hybridized carbons (Fsp3) is 0.923. The van der Waals surface area contributed by atoms with Crippen molar-refractivity contribution >= 4 is 5.91 Å². The van der Waals surface area contributed by atoms with E-state index in [4.69, 9.17) is 0 Å². The van der Waals surface area contributed by atoms with Gasteiger partial charge in [0.1, 0.15) is 0 Å². The van der Waals surface area contributed by atoms with Crippen molar-refractivity contribution in [2.24, 2.45) is 0 Å². The van der Waals surface area contributed by atoms with Crippen molar-refractivity contribution in [3.05, 3.63) is 0 Å². The van der Waals surface area contributed by atoms with Crippen molar-refractivity contribution in [1.29, 1.82) is 0 Å². The highest BCUT2D eigenvalue weighted by molar-refractivity contribution is 5.81. The van der Waals surface area contributed by atoms with Crippen LogP contribution in [0.25, 0.3) is 0 Å². The standard InChI is InChI=1S/C13H25N3O/c1-12-13(17)16(10-4-6-14-12)11-5-9-15-7-2-3-8-15/h12,14H,2-11H2,1H3. The van der Waals surface area contributed by atoms with Crippen LogP contribution < -0.4 is 5.32 Å². The van der Waals surface area contributed by atoms with Crippen LogP contribution in [0.2, 0.25) is 0 Å². The molecule has 2 rings (SSSR count). The second kappa shape index (κ2) is 6.36. The Morgan fingerprint density at radius 1 is 1.18 bits per heavy atom. The molecular formula is C13H25N3O. The average Bonchev–Trinajstić information content (AvgIpc) is 2.78. The van der Waals surface area contributed by atoms with E-state index >= 15 is 0 Å². The zero-order valence-corrected chi connectivity index (χ0v) is 11.0. The Morgan fingerprint density at radius 3 is 2.71 bits per heavy atom. The summed E-state index contributed by atoms with van der Waals surface area (Å²) >= 11 is 0. The Labute approximate surface area is 104 Å². The lowest BCUT2D eigenvalue weighted by molar-refractivity contribution is -0.132. The number of likely N-dealkylation sites (tertiary alicyclic amines) is 1. The molecule has 1 unspecified atom stereocenters. The topological polar surface area (TPSA) is 35.6 Å². The molecule has 0 saturated carbocycles. The molecule has 0 bridgehead atoms. The lowest BCUT2D eigenvalue weighted by Crippen LogP contribution is -2.42. The molecule has 0 aromatic carbocycles. The van der Waals surface area contributed by atoms with Gasteiger partial charge < -0.3 is 15.1 Å². The molecule has 2 fully saturated rings. The molecule has 2 aliphatic heterocycles. The summed E-state index contributed by atoms with van der Waals surface area (Å²) < 4.78 is 0. The van der Waals surface area contributed by atoms with E-state index in [0.29, 0.717) is 0 Å². The summed E-state index contributed by atoms with van der Waals surface area (Å²) in [5, 5.41) is 3.25. The van der Waals surface area contributed by atoms with Gasteiger partial charge in [0.2, 0.25) is 5.91 Å². The number of amides is 1. The molecule has 0 aromatic rings. The van der Waals surface area contributed by atoms with Crippen LogP contribution in [-0.2, 0) is 4.79 Å². The molecule has 1 atom stereocenters. The van der Waals surface area contributed by atoms with E-state index in [0.717, 1.165) is 39.0 Å². The Bertz CT molecular complexity index is 251. The summed E-state index contributed by atoms with van der Waals surface area (Å²) in [5.74, 6) is 0.281. The van der Waals surface area contributed by atoms with Gasteiger partial charge in [-0.3, -0.25) is 4.79 Å². The zero-order valence-electron chi connectivity index (χ0n) is 11.0. The molecule has 0 aliphatic carbocycles. The second-order valence-corrected chi connectivity index (χ2v) is 5.26. The highest BCUT2D eigenvalue weighted by Gasteiger charge is 2.22. The van der Waals surface area contributed by atoms with Crippen molar-refractivity contribution in [3.8, 4) is 0 Å². The SMILES string of the molecule is CC1NCCCN(CCCN2CCCC2)C1=O. The van der Waals surface area contributed by atoms with Gasteiger partial charge >= 0.3 is 0 Å². The molecule has 4 heteroatoms. The first-order valence-electron chi connectivity index (χ1n) is 7.02. The summed E-state index contributed by atoms with van der Waals surface area (Å²) in [4.78, 5) is 16.6. The molecule has 1 N–H and O–H groups in total. The van der Waals surface area contributed by atoms with Gasteiger partial charge in [-0.2, -0.15) is 0 Å². The van der Waals surface area contributed by atoms with E-state index in [9.17, 15) is 4.79 Å². The second-order valence-electron chi connectivity index (χ2n) is 5.26. The summed E-state index contributed by atoms with van der Waals surface area (Å²) in [6.45, 7) is 8.47. The third-order valence-electron chi connectivity index (χ3n) is 3.84. The lowest BCUT2D eigenvalue weighted by Gasteiger charge is -2.24. The minimum atomic E-state index is 0.00397. The van der Waals surface area contributed by atoms with E-state index in [2.05, 4.69) is 10.2 Å². The molecule has 1 amide bonds. The third-order valence-corrected chi connectivity index (χ3v) is 3.84. The van der Waals surface area contributed by atoms with Gasteiger partial charge in [0, 0.05) is 13.1 Å². The highest BCUT2D eigenvalue weighted by Crippen LogP contribution is 2.09. The number of hydrogen-bond acceptors (Lipinski definition) is 3. The summed E-state index contributed by atoms with van der Waals surface area (Å²) in [6.07, 6.45) is 4.91. The number of carbonyl (C=O) groups is 1. The van der Waals surface area contributed by atoms with Gasteiger partial charge in [0.15, 0.2) is 0 Å². The molecule has 0 aromatic heterocycles. The molecule has 2 saturated heterocycles. The largest absolute Gasteiger partial charge is 0.341 e. The maximum absolute atomic E-state index is 12.0. The van der Waals surface area contributed by atoms with Crippen molar-refractivity contribution in [2.45, 2.75) is 38.6 Å². The van der Waals surface area contributed by atoms with Gasteiger partial charge in [0.25, 0.3) is 0 Å². The van der Waals surface area contributed by atoms with Crippen LogP contribution in [0.3, 0.4) is 0 Å². The smallest absolute Gasteiger partial charge is 0.239 e. The van der Waals surface area contributed by atoms with Crippen molar-refractivity contribution in [3.63, 3.8) is 0 Å². The summed E-state index contributed by atoms with van der Waals surface area (Å²) in [5.41, 5.74) is 0. The van der Waals surface area contributed by atoms with Gasteiger partial charge in [-0.05, 0) is 58.8 Å². The van der Waals surface area contributed by atoms with Crippen LogP contribution in [0.1, 0.15) is 32.6 Å². The van der Waals surface area contributed by atoms with E-state index in [-0.39, 0.29) is 11.9 Å². The summed E-state index contributed by atoms with van der Waals surface area (Å²) in [6, 6.07) is 0.00397. The van der Waals surface area contributed by atoms with Crippen LogP contribution in [0.4, 0.5) is 0 Å². The Morgan fingerprint density at radius 2 is 1.94 bits per heavy atom. The van der Waals surface area contributed by atoms with Crippen molar-refractivity contribution < 1.29 is 4.79 Å². The fourth-order valence-corrected chi connectivity index (χ4v) is 2.77. The first-order chi connectivity index (χ1) is 8.27. The average molecular weight is 239 g/mol. The number of nitrogens with one attached hydrogen (secondary N) is 1. The van der Waals surface area contributed by atoms with Crippen LogP contribution in [-0.4, -0.2) is 61.0 Å². The predicted octanol–water partition coefficient (Wildman–Crippen LogP) is 0.683. The number of carbonyl (C=O) groups excluding carboxylic acids is 1. The molecular weight excluding hydrogens is 214 g/mol. The molecule has 0 spiro atoms. The predicted molar refractivity (Wildman–Crippen MR) is 69.0 cm³/mol. The third kappa shape index (κ3) is 3.68. The van der Waals surface area contributed by atoms with E-state index < -0.39 is 0 Å². The van der Waals surface area contributed by atoms with Crippen LogP contribution >= 0.6 is 0 Å². The molecule has 98 valence electrons. The monoisotopic (exact) mass is 239 g/mol. The number of rotatable bonds is 4. The summed E-state index contributed by atoms with van der Waals surface area (Å²) in [7, 11) is 0. The number of hydrogen-bond donors (Lipinski definition) is 1. The minimum Gasteiger partial charge on any atom is -0.341 e. The van der Waals surface area contributed by atoms with Crippen molar-refractivity contribution in [1.82, 2.24) is 15.1 Å². The molecule has 4 nitrogen and oxygen atoms in total. The first-order valence-corrected chi connectivity index (χ1v) is 7.02. The van der Waals surface area contributed by atoms with Gasteiger partial charge in [-0.1, -0.05) is 0 Å². The van der Waals surface area contributed by atoms with E-state index in [1.165, 1.54) is 25.9 Å². The Hall–Kier alpha value is -0.610. The Balaban J connectivity index is 1.70. The molecule has 0 radical (unpaired) electrons. The Kier molecular flexibility index (Phi) is 4.80. The quantitative estimate of drug-likeness (QED) is 0.784. The normalized spacial score (nSPS) is 27.5. The maximum Gasteiger partial charge on any atom is 0.239 e. The molecule has 2 aliphatic rings. The van der Waals surface area contributed by atoms with Gasteiger partial charge in [-0.15, -0.1) is 0 Å². The maximum atomic E-state index is 12.0. The lowest BCUT2D eigenvalue weighted by atomic mass is 10.2. The first kappa shape index (κ1) is 12.8. The van der Waals surface area contributed by atoms with E-state index in [1.54, 1.807) is 0 Å². The number of nitrogens with zero attached hydrogens (tertiary/aromatic N) is 2. The van der Waals surface area contributed by atoms with Crippen molar-refractivity contribution in [2.75, 3.05) is 39.3 Å². The zero-order chi connectivity index (χ0) is 12.1. The highest BCUT2D eigenvalue weighted by atomic mass is 16.2.